The highest BCUT2D eigenvalue weighted by atomic mass is 16.6. The molecule has 0 aromatic heterocycles. The summed E-state index contributed by atoms with van der Waals surface area (Å²) in [5.41, 5.74) is 3.12. The molecule has 3 nitrogen and oxygen atoms in total. The highest BCUT2D eigenvalue weighted by molar-refractivity contribution is 5.76. The van der Waals surface area contributed by atoms with Crippen LogP contribution in [0.2, 0.25) is 0 Å². The van der Waals surface area contributed by atoms with E-state index in [2.05, 4.69) is 56.1 Å². The number of rotatable bonds is 4. The summed E-state index contributed by atoms with van der Waals surface area (Å²) in [6.07, 6.45) is 7.36. The largest absolute Gasteiger partial charge is 0.461 e. The minimum Gasteiger partial charge on any atom is -0.461 e. The minimum atomic E-state index is -0.0279. The maximum atomic E-state index is 12.6. The van der Waals surface area contributed by atoms with Crippen LogP contribution in [0.1, 0.15) is 45.1 Å². The number of hydrogen-bond donors (Lipinski definition) is 0. The van der Waals surface area contributed by atoms with Crippen LogP contribution >= 0.6 is 0 Å². The summed E-state index contributed by atoms with van der Waals surface area (Å²) in [6.45, 7) is 6.38. The molecule has 1 aliphatic heterocycles. The van der Waals surface area contributed by atoms with E-state index >= 15 is 0 Å². The number of allylic oxidation sites excluding steroid dienone is 1. The van der Waals surface area contributed by atoms with Gasteiger partial charge in [0.05, 0.1) is 5.92 Å². The van der Waals surface area contributed by atoms with E-state index in [1.165, 1.54) is 24.8 Å². The van der Waals surface area contributed by atoms with Crippen LogP contribution in [-0.4, -0.2) is 30.6 Å². The number of ether oxygens (including phenoxy) is 1. The normalized spacial score (nSPS) is 36.3. The zero-order valence-electron chi connectivity index (χ0n) is 16.3. The van der Waals surface area contributed by atoms with Gasteiger partial charge in [-0.25, -0.2) is 0 Å². The van der Waals surface area contributed by atoms with Crippen LogP contribution in [0.25, 0.3) is 0 Å². The summed E-state index contributed by atoms with van der Waals surface area (Å²) in [4.78, 5) is 14.9. The van der Waals surface area contributed by atoms with E-state index in [0.717, 1.165) is 19.5 Å². The van der Waals surface area contributed by atoms with Crippen molar-refractivity contribution in [2.45, 2.75) is 52.2 Å². The van der Waals surface area contributed by atoms with E-state index in [4.69, 9.17) is 4.74 Å². The summed E-state index contributed by atoms with van der Waals surface area (Å²) < 4.78 is 5.87. The molecule has 26 heavy (non-hydrogen) atoms. The Balaban J connectivity index is 1.51. The number of benzene rings is 1. The Morgan fingerprint density at radius 1 is 1.27 bits per heavy atom. The minimum absolute atomic E-state index is 0.00617. The lowest BCUT2D eigenvalue weighted by Crippen LogP contribution is -2.40. The van der Waals surface area contributed by atoms with Gasteiger partial charge in [-0.3, -0.25) is 4.79 Å². The molecule has 1 aromatic carbocycles. The van der Waals surface area contributed by atoms with Crippen LogP contribution in [0.3, 0.4) is 0 Å². The van der Waals surface area contributed by atoms with Crippen molar-refractivity contribution in [1.29, 1.82) is 0 Å². The number of carbonyl (C=O) groups excluding carboxylic acids is 1. The topological polar surface area (TPSA) is 29.5 Å². The van der Waals surface area contributed by atoms with Gasteiger partial charge in [-0.05, 0) is 43.2 Å². The van der Waals surface area contributed by atoms with Gasteiger partial charge >= 0.3 is 5.97 Å². The van der Waals surface area contributed by atoms with Crippen molar-refractivity contribution >= 4 is 5.97 Å². The van der Waals surface area contributed by atoms with E-state index in [0.29, 0.717) is 5.92 Å². The van der Waals surface area contributed by atoms with Gasteiger partial charge in [-0.2, -0.15) is 0 Å². The maximum absolute atomic E-state index is 12.6. The number of hydrogen-bond acceptors (Lipinski definition) is 3. The van der Waals surface area contributed by atoms with Crippen molar-refractivity contribution in [2.75, 3.05) is 13.6 Å². The first kappa shape index (κ1) is 17.8. The molecule has 0 spiro atoms. The van der Waals surface area contributed by atoms with Crippen molar-refractivity contribution in [3.05, 3.63) is 47.5 Å². The second-order valence-corrected chi connectivity index (χ2v) is 9.02. The molecular weight excluding hydrogens is 322 g/mol. The van der Waals surface area contributed by atoms with Crippen molar-refractivity contribution in [3.63, 3.8) is 0 Å². The average Bonchev–Trinajstić information content (AvgIpc) is 2.88. The molecule has 4 rings (SSSR count). The fourth-order valence-corrected chi connectivity index (χ4v) is 5.55. The lowest BCUT2D eigenvalue weighted by Gasteiger charge is -2.46. The Kier molecular flexibility index (Phi) is 4.68. The zero-order valence-corrected chi connectivity index (χ0v) is 16.3. The Bertz CT molecular complexity index is 697. The van der Waals surface area contributed by atoms with Crippen LogP contribution in [0.5, 0.6) is 0 Å². The number of fused-ring (bicyclic) bond motifs is 2. The van der Waals surface area contributed by atoms with Gasteiger partial charge in [-0.15, -0.1) is 0 Å². The molecule has 1 heterocycles. The fourth-order valence-electron chi connectivity index (χ4n) is 5.55. The first-order valence-corrected chi connectivity index (χ1v) is 10.1. The first-order chi connectivity index (χ1) is 12.5. The highest BCUT2D eigenvalue weighted by Crippen LogP contribution is 2.53. The van der Waals surface area contributed by atoms with Crippen molar-refractivity contribution < 1.29 is 9.53 Å². The number of esters is 1. The van der Waals surface area contributed by atoms with E-state index in [1.807, 2.05) is 6.07 Å². The van der Waals surface area contributed by atoms with Gasteiger partial charge in [0.25, 0.3) is 0 Å². The van der Waals surface area contributed by atoms with E-state index in [1.54, 1.807) is 5.57 Å². The predicted molar refractivity (Wildman–Crippen MR) is 103 cm³/mol. The van der Waals surface area contributed by atoms with E-state index < -0.39 is 0 Å². The summed E-state index contributed by atoms with van der Waals surface area (Å²) in [5.74, 6) is 0.879. The van der Waals surface area contributed by atoms with Gasteiger partial charge in [0.15, 0.2) is 0 Å². The molecule has 2 fully saturated rings. The molecule has 0 N–H and O–H groups in total. The van der Waals surface area contributed by atoms with Gasteiger partial charge < -0.3 is 9.64 Å². The molecule has 5 atom stereocenters. The van der Waals surface area contributed by atoms with Gasteiger partial charge in [0.1, 0.15) is 6.10 Å². The monoisotopic (exact) mass is 353 g/mol. The lowest BCUT2D eigenvalue weighted by atomic mass is 9.59. The summed E-state index contributed by atoms with van der Waals surface area (Å²) >= 11 is 0. The summed E-state index contributed by atoms with van der Waals surface area (Å²) in [5, 5.41) is 0. The molecule has 1 saturated heterocycles. The third-order valence-electron chi connectivity index (χ3n) is 6.89. The molecule has 1 aromatic rings. The lowest BCUT2D eigenvalue weighted by molar-refractivity contribution is -0.145. The molecule has 140 valence electrons. The molecule has 0 bridgehead atoms. The van der Waals surface area contributed by atoms with Gasteiger partial charge in [0, 0.05) is 19.0 Å². The summed E-state index contributed by atoms with van der Waals surface area (Å²) in [6, 6.07) is 10.5. The molecule has 3 aliphatic rings. The molecule has 3 heteroatoms. The van der Waals surface area contributed by atoms with E-state index in [-0.39, 0.29) is 29.3 Å². The fraction of sp³-hybridized carbons (Fsp3) is 0.609. The van der Waals surface area contributed by atoms with Gasteiger partial charge in [0.2, 0.25) is 0 Å². The Labute approximate surface area is 157 Å². The first-order valence-electron chi connectivity index (χ1n) is 10.1. The Morgan fingerprint density at radius 3 is 2.81 bits per heavy atom. The van der Waals surface area contributed by atoms with Crippen LogP contribution < -0.4 is 0 Å². The molecule has 2 aliphatic carbocycles. The Hall–Kier alpha value is -1.61. The molecule has 0 radical (unpaired) electrons. The third kappa shape index (κ3) is 3.22. The standard InChI is InChI=1S/C23H31NO2/c1-16-8-7-11-23(2)13-21-18(12-20(16)23)19(22(25)26-21)15-24(3)14-17-9-5-4-6-10-17/h4-6,9-10,12,16,18-19,21H,7-8,11,13-15H2,1-3H3/t16-,18+,19?,21+,23+/m0/s1. The number of carbonyl (C=O) groups is 1. The molecule has 0 amide bonds. The van der Waals surface area contributed by atoms with Crippen molar-refractivity contribution in [2.24, 2.45) is 23.2 Å². The SMILES string of the molecule is C[C@H]1CCC[C@]2(C)C[C@H]3OC(=O)C(CN(C)Cc4ccccc4)[C@H]3C=C12. The molecular formula is C23H31NO2. The van der Waals surface area contributed by atoms with Crippen LogP contribution in [0.4, 0.5) is 0 Å². The van der Waals surface area contributed by atoms with Crippen molar-refractivity contribution in [1.82, 2.24) is 4.90 Å². The van der Waals surface area contributed by atoms with Gasteiger partial charge in [-0.1, -0.05) is 62.2 Å². The van der Waals surface area contributed by atoms with Crippen LogP contribution in [0, 0.1) is 23.2 Å². The van der Waals surface area contributed by atoms with Crippen LogP contribution in [0.15, 0.2) is 42.0 Å². The maximum Gasteiger partial charge on any atom is 0.311 e. The third-order valence-corrected chi connectivity index (χ3v) is 6.89. The predicted octanol–water partition coefficient (Wildman–Crippen LogP) is 4.43. The second kappa shape index (κ2) is 6.84. The smallest absolute Gasteiger partial charge is 0.311 e. The summed E-state index contributed by atoms with van der Waals surface area (Å²) in [7, 11) is 2.11. The highest BCUT2D eigenvalue weighted by Gasteiger charge is 2.51. The Morgan fingerprint density at radius 2 is 2.04 bits per heavy atom. The molecule has 1 unspecified atom stereocenters. The second-order valence-electron chi connectivity index (χ2n) is 9.02. The zero-order chi connectivity index (χ0) is 18.3. The van der Waals surface area contributed by atoms with Crippen molar-refractivity contribution in [3.8, 4) is 0 Å². The van der Waals surface area contributed by atoms with Crippen LogP contribution in [-0.2, 0) is 16.1 Å². The quantitative estimate of drug-likeness (QED) is 0.592. The number of nitrogens with zero attached hydrogens (tertiary/aromatic N) is 1. The molecule has 1 saturated carbocycles. The average molecular weight is 354 g/mol. The van der Waals surface area contributed by atoms with E-state index in [9.17, 15) is 4.79 Å².